The summed E-state index contributed by atoms with van der Waals surface area (Å²) in [5, 5.41) is 2.26. The van der Waals surface area contributed by atoms with E-state index in [4.69, 9.17) is 9.15 Å². The van der Waals surface area contributed by atoms with E-state index < -0.39 is 42.4 Å². The molecule has 0 fully saturated rings. The van der Waals surface area contributed by atoms with Gasteiger partial charge in [-0.1, -0.05) is 12.1 Å². The number of ether oxygens (including phenoxy) is 1. The van der Waals surface area contributed by atoms with Gasteiger partial charge < -0.3 is 14.5 Å². The fourth-order valence-electron chi connectivity index (χ4n) is 2.26. The van der Waals surface area contributed by atoms with Crippen molar-refractivity contribution >= 4 is 28.7 Å². The monoisotopic (exact) mass is 362 g/mol. The Kier molecular flexibility index (Phi) is 4.78. The van der Waals surface area contributed by atoms with Gasteiger partial charge in [-0.15, -0.1) is 0 Å². The van der Waals surface area contributed by atoms with E-state index in [1.54, 1.807) is 24.3 Å². The molecule has 0 aliphatic carbocycles. The van der Waals surface area contributed by atoms with Gasteiger partial charge in [-0.05, 0) is 24.3 Å². The zero-order chi connectivity index (χ0) is 18.7. The molecule has 0 radical (unpaired) electrons. The molecule has 2 aromatic carbocycles. The lowest BCUT2D eigenvalue weighted by Crippen LogP contribution is -2.25. The molecule has 0 bridgehead atoms. The third-order valence-corrected chi connectivity index (χ3v) is 3.43. The average Bonchev–Trinajstić information content (AvgIpc) is 2.92. The smallest absolute Gasteiger partial charge is 0.420 e. The Morgan fingerprint density at radius 1 is 1.12 bits per heavy atom. The largest absolute Gasteiger partial charge is 0.454 e. The number of anilines is 1. The number of para-hydroxylation sites is 2. The molecule has 0 saturated carbocycles. The minimum Gasteiger partial charge on any atom is -0.454 e. The van der Waals surface area contributed by atoms with Gasteiger partial charge in [0.05, 0.1) is 5.52 Å². The highest BCUT2D eigenvalue weighted by Crippen LogP contribution is 2.13. The summed E-state index contributed by atoms with van der Waals surface area (Å²) in [6.45, 7) is -1.09. The van der Waals surface area contributed by atoms with Crippen LogP contribution in [0, 0.1) is 11.6 Å². The third-order valence-electron chi connectivity index (χ3n) is 3.43. The molecule has 0 aliphatic rings. The number of carbonyl (C=O) groups excluding carboxylic acids is 2. The number of hydrogen-bond donors (Lipinski definition) is 1. The van der Waals surface area contributed by atoms with Crippen molar-refractivity contribution in [2.24, 2.45) is 0 Å². The van der Waals surface area contributed by atoms with Gasteiger partial charge in [0.15, 0.2) is 23.8 Å². The van der Waals surface area contributed by atoms with Crippen molar-refractivity contribution in [3.05, 3.63) is 64.6 Å². The van der Waals surface area contributed by atoms with Gasteiger partial charge in [-0.2, -0.15) is 0 Å². The van der Waals surface area contributed by atoms with Crippen molar-refractivity contribution in [2.75, 3.05) is 11.9 Å². The molecule has 1 aromatic heterocycles. The summed E-state index contributed by atoms with van der Waals surface area (Å²) in [6, 6.07) is 9.34. The summed E-state index contributed by atoms with van der Waals surface area (Å²) in [5.41, 5.74) is 0.754. The molecule has 0 unspecified atom stereocenters. The predicted molar refractivity (Wildman–Crippen MR) is 86.4 cm³/mol. The standard InChI is InChI=1S/C17H12F2N2O5/c18-11-6-5-10(7-12(11)19)20-15(22)9-25-16(23)8-21-13-3-1-2-4-14(13)26-17(21)24/h1-7H,8-9H2,(H,20,22). The van der Waals surface area contributed by atoms with Gasteiger partial charge in [0, 0.05) is 11.8 Å². The minimum atomic E-state index is -1.12. The lowest BCUT2D eigenvalue weighted by molar-refractivity contribution is -0.147. The first-order valence-electron chi connectivity index (χ1n) is 7.43. The number of oxazole rings is 1. The number of aromatic nitrogens is 1. The molecule has 26 heavy (non-hydrogen) atoms. The second kappa shape index (κ2) is 7.18. The lowest BCUT2D eigenvalue weighted by Gasteiger charge is -2.07. The van der Waals surface area contributed by atoms with E-state index in [2.05, 4.69) is 5.32 Å². The maximum Gasteiger partial charge on any atom is 0.420 e. The van der Waals surface area contributed by atoms with Crippen LogP contribution in [0.25, 0.3) is 11.1 Å². The summed E-state index contributed by atoms with van der Waals surface area (Å²) in [6.07, 6.45) is 0. The second-order valence-electron chi connectivity index (χ2n) is 5.26. The molecule has 1 heterocycles. The first-order chi connectivity index (χ1) is 12.4. The van der Waals surface area contributed by atoms with Crippen LogP contribution < -0.4 is 11.1 Å². The summed E-state index contributed by atoms with van der Waals surface area (Å²) in [7, 11) is 0. The van der Waals surface area contributed by atoms with Crippen LogP contribution in [-0.4, -0.2) is 23.1 Å². The normalized spacial score (nSPS) is 10.7. The first kappa shape index (κ1) is 17.3. The Balaban J connectivity index is 1.58. The first-order valence-corrected chi connectivity index (χ1v) is 7.43. The van der Waals surface area contributed by atoms with E-state index in [-0.39, 0.29) is 5.69 Å². The molecule has 0 spiro atoms. The van der Waals surface area contributed by atoms with E-state index in [0.29, 0.717) is 11.1 Å². The van der Waals surface area contributed by atoms with Crippen molar-refractivity contribution in [3.63, 3.8) is 0 Å². The Morgan fingerprint density at radius 3 is 2.65 bits per heavy atom. The Morgan fingerprint density at radius 2 is 1.88 bits per heavy atom. The number of amides is 1. The number of esters is 1. The van der Waals surface area contributed by atoms with E-state index in [1.807, 2.05) is 0 Å². The molecule has 0 atom stereocenters. The van der Waals surface area contributed by atoms with E-state index in [0.717, 1.165) is 22.8 Å². The molecule has 3 rings (SSSR count). The summed E-state index contributed by atoms with van der Waals surface area (Å²) < 4.78 is 36.7. The van der Waals surface area contributed by atoms with Gasteiger partial charge in [0.2, 0.25) is 0 Å². The summed E-state index contributed by atoms with van der Waals surface area (Å²) in [5.74, 6) is -4.47. The topological polar surface area (TPSA) is 90.5 Å². The van der Waals surface area contributed by atoms with Gasteiger partial charge in [-0.3, -0.25) is 14.2 Å². The van der Waals surface area contributed by atoms with Crippen molar-refractivity contribution in [1.29, 1.82) is 0 Å². The fraction of sp³-hybridized carbons (Fsp3) is 0.118. The highest BCUT2D eigenvalue weighted by Gasteiger charge is 2.14. The van der Waals surface area contributed by atoms with Crippen LogP contribution in [0.3, 0.4) is 0 Å². The number of hydrogen-bond acceptors (Lipinski definition) is 5. The van der Waals surface area contributed by atoms with Crippen molar-refractivity contribution in [3.8, 4) is 0 Å². The Bertz CT molecular complexity index is 1040. The highest BCUT2D eigenvalue weighted by molar-refractivity contribution is 5.92. The number of benzene rings is 2. The van der Waals surface area contributed by atoms with Crippen molar-refractivity contribution in [2.45, 2.75) is 6.54 Å². The summed E-state index contributed by atoms with van der Waals surface area (Å²) >= 11 is 0. The van der Waals surface area contributed by atoms with E-state index in [1.165, 1.54) is 0 Å². The molecule has 9 heteroatoms. The van der Waals surface area contributed by atoms with Crippen LogP contribution in [0.15, 0.2) is 51.7 Å². The van der Waals surface area contributed by atoms with E-state index in [9.17, 15) is 23.2 Å². The molecule has 1 amide bonds. The van der Waals surface area contributed by atoms with Crippen molar-refractivity contribution < 1.29 is 27.5 Å². The van der Waals surface area contributed by atoms with Crippen LogP contribution in [0.1, 0.15) is 0 Å². The van der Waals surface area contributed by atoms with Gasteiger partial charge in [0.1, 0.15) is 6.54 Å². The zero-order valence-electron chi connectivity index (χ0n) is 13.2. The van der Waals surface area contributed by atoms with Gasteiger partial charge >= 0.3 is 11.7 Å². The number of fused-ring (bicyclic) bond motifs is 1. The predicted octanol–water partition coefficient (Wildman–Crippen LogP) is 2.05. The van der Waals surface area contributed by atoms with Crippen LogP contribution in [0.5, 0.6) is 0 Å². The maximum absolute atomic E-state index is 13.1. The zero-order valence-corrected chi connectivity index (χ0v) is 13.2. The average molecular weight is 362 g/mol. The number of carbonyl (C=O) groups is 2. The number of rotatable bonds is 5. The van der Waals surface area contributed by atoms with Crippen LogP contribution in [0.4, 0.5) is 14.5 Å². The quantitative estimate of drug-likeness (QED) is 0.702. The third kappa shape index (κ3) is 3.77. The maximum atomic E-state index is 13.1. The second-order valence-corrected chi connectivity index (χ2v) is 5.26. The molecule has 3 aromatic rings. The van der Waals surface area contributed by atoms with Gasteiger partial charge in [0.25, 0.3) is 5.91 Å². The molecule has 0 aliphatic heterocycles. The molecule has 0 saturated heterocycles. The number of nitrogens with one attached hydrogen (secondary N) is 1. The molecular formula is C17H12F2N2O5. The molecule has 7 nitrogen and oxygen atoms in total. The molecule has 134 valence electrons. The van der Waals surface area contributed by atoms with Crippen LogP contribution >= 0.6 is 0 Å². The van der Waals surface area contributed by atoms with E-state index >= 15 is 0 Å². The van der Waals surface area contributed by atoms with Gasteiger partial charge in [-0.25, -0.2) is 13.6 Å². The van der Waals surface area contributed by atoms with Crippen molar-refractivity contribution in [1.82, 2.24) is 4.57 Å². The van der Waals surface area contributed by atoms with Crippen LogP contribution in [0.2, 0.25) is 0 Å². The lowest BCUT2D eigenvalue weighted by atomic mass is 10.3. The highest BCUT2D eigenvalue weighted by atomic mass is 19.2. The fourth-order valence-corrected chi connectivity index (χ4v) is 2.26. The Labute approximate surface area is 144 Å². The Hall–Kier alpha value is -3.49. The summed E-state index contributed by atoms with van der Waals surface area (Å²) in [4.78, 5) is 35.3. The number of halogens is 2. The molecule has 1 N–H and O–H groups in total. The SMILES string of the molecule is O=C(COC(=O)Cn1c(=O)oc2ccccc21)Nc1ccc(F)c(F)c1. The molecular weight excluding hydrogens is 350 g/mol. The number of nitrogens with zero attached hydrogens (tertiary/aromatic N) is 1. The van der Waals surface area contributed by atoms with Crippen LogP contribution in [-0.2, 0) is 20.9 Å². The minimum absolute atomic E-state index is 0.0157.